The molecule has 0 saturated heterocycles. The summed E-state index contributed by atoms with van der Waals surface area (Å²) < 4.78 is 0. The second-order valence-electron chi connectivity index (χ2n) is 4.33. The lowest BCUT2D eigenvalue weighted by atomic mass is 9.93. The van der Waals surface area contributed by atoms with Crippen LogP contribution in [0.1, 0.15) is 24.8 Å². The van der Waals surface area contributed by atoms with Crippen molar-refractivity contribution < 1.29 is 4.79 Å². The number of benzene rings is 1. The molecular weight excluding hydrogens is 234 g/mol. The molecule has 0 spiro atoms. The van der Waals surface area contributed by atoms with Gasteiger partial charge in [-0.15, -0.1) is 0 Å². The quantitative estimate of drug-likeness (QED) is 0.819. The van der Waals surface area contributed by atoms with Gasteiger partial charge in [-0.05, 0) is 37.0 Å². The number of rotatable bonds is 3. The number of amides is 1. The first-order chi connectivity index (χ1) is 8.25. The van der Waals surface area contributed by atoms with Crippen LogP contribution in [0.2, 0.25) is 5.02 Å². The smallest absolute Gasteiger partial charge is 0.223 e. The van der Waals surface area contributed by atoms with Crippen LogP contribution in [0.15, 0.2) is 36.4 Å². The maximum atomic E-state index is 11.9. The molecule has 1 aliphatic carbocycles. The fourth-order valence-corrected chi connectivity index (χ4v) is 2.23. The molecule has 0 fully saturated rings. The number of allylic oxidation sites excluding steroid dienone is 2. The minimum atomic E-state index is 0.138. The molecule has 3 heteroatoms. The van der Waals surface area contributed by atoms with Gasteiger partial charge >= 0.3 is 0 Å². The van der Waals surface area contributed by atoms with E-state index >= 15 is 0 Å². The van der Waals surface area contributed by atoms with Crippen molar-refractivity contribution in [2.75, 3.05) is 0 Å². The topological polar surface area (TPSA) is 29.1 Å². The summed E-state index contributed by atoms with van der Waals surface area (Å²) in [6, 6.07) is 7.57. The molecule has 0 aromatic heterocycles. The Morgan fingerprint density at radius 3 is 3.00 bits per heavy atom. The van der Waals surface area contributed by atoms with E-state index in [-0.39, 0.29) is 11.8 Å². The highest BCUT2D eigenvalue weighted by Gasteiger charge is 2.17. The van der Waals surface area contributed by atoms with Crippen LogP contribution in [0.4, 0.5) is 0 Å². The lowest BCUT2D eigenvalue weighted by Gasteiger charge is -2.17. The summed E-state index contributed by atoms with van der Waals surface area (Å²) in [6.45, 7) is 0.555. The lowest BCUT2D eigenvalue weighted by Crippen LogP contribution is -2.30. The number of halogens is 1. The molecule has 0 heterocycles. The van der Waals surface area contributed by atoms with Gasteiger partial charge in [0, 0.05) is 17.5 Å². The van der Waals surface area contributed by atoms with Gasteiger partial charge in [-0.3, -0.25) is 4.79 Å². The van der Waals surface area contributed by atoms with E-state index in [0.29, 0.717) is 11.6 Å². The van der Waals surface area contributed by atoms with Crippen molar-refractivity contribution in [3.05, 3.63) is 47.0 Å². The Balaban J connectivity index is 1.85. The Hall–Kier alpha value is -1.28. The van der Waals surface area contributed by atoms with E-state index < -0.39 is 0 Å². The summed E-state index contributed by atoms with van der Waals surface area (Å²) in [5, 5.41) is 3.67. The number of hydrogen-bond acceptors (Lipinski definition) is 1. The van der Waals surface area contributed by atoms with E-state index in [0.717, 1.165) is 24.8 Å². The highest BCUT2D eigenvalue weighted by molar-refractivity contribution is 6.30. The molecule has 90 valence electrons. The van der Waals surface area contributed by atoms with Gasteiger partial charge in [-0.2, -0.15) is 0 Å². The lowest BCUT2D eigenvalue weighted by molar-refractivity contribution is -0.125. The fourth-order valence-electron chi connectivity index (χ4n) is 2.01. The molecule has 2 nitrogen and oxygen atoms in total. The van der Waals surface area contributed by atoms with Crippen molar-refractivity contribution in [3.8, 4) is 0 Å². The summed E-state index contributed by atoms with van der Waals surface area (Å²) in [6.07, 6.45) is 7.06. The number of hydrogen-bond donors (Lipinski definition) is 1. The van der Waals surface area contributed by atoms with Gasteiger partial charge < -0.3 is 5.32 Å². The fraction of sp³-hybridized carbons (Fsp3) is 0.357. The van der Waals surface area contributed by atoms with E-state index in [9.17, 15) is 4.79 Å². The van der Waals surface area contributed by atoms with Gasteiger partial charge in [-0.1, -0.05) is 35.9 Å². The third-order valence-corrected chi connectivity index (χ3v) is 3.23. The minimum Gasteiger partial charge on any atom is -0.352 e. The molecule has 1 aromatic carbocycles. The molecule has 1 N–H and O–H groups in total. The normalized spacial score (nSPS) is 19.0. The number of nitrogens with one attached hydrogen (secondary N) is 1. The van der Waals surface area contributed by atoms with Gasteiger partial charge in [0.05, 0.1) is 0 Å². The zero-order valence-electron chi connectivity index (χ0n) is 9.66. The Morgan fingerprint density at radius 1 is 1.41 bits per heavy atom. The molecule has 1 amide bonds. The van der Waals surface area contributed by atoms with E-state index in [4.69, 9.17) is 11.6 Å². The van der Waals surface area contributed by atoms with Crippen LogP contribution < -0.4 is 5.32 Å². The maximum Gasteiger partial charge on any atom is 0.223 e. The summed E-state index contributed by atoms with van der Waals surface area (Å²) in [7, 11) is 0. The van der Waals surface area contributed by atoms with E-state index in [2.05, 4.69) is 17.5 Å². The van der Waals surface area contributed by atoms with Crippen LogP contribution in [-0.2, 0) is 11.3 Å². The van der Waals surface area contributed by atoms with Crippen LogP contribution in [0.25, 0.3) is 0 Å². The SMILES string of the molecule is O=C(NCc1cccc(Cl)c1)[C@H]1CC=CCC1. The highest BCUT2D eigenvalue weighted by Crippen LogP contribution is 2.18. The van der Waals surface area contributed by atoms with Gasteiger partial charge in [0.2, 0.25) is 5.91 Å². The second kappa shape index (κ2) is 5.87. The highest BCUT2D eigenvalue weighted by atomic mass is 35.5. The van der Waals surface area contributed by atoms with Crippen molar-refractivity contribution in [2.45, 2.75) is 25.8 Å². The van der Waals surface area contributed by atoms with Crippen LogP contribution in [0.3, 0.4) is 0 Å². The third-order valence-electron chi connectivity index (χ3n) is 3.00. The molecule has 1 atom stereocenters. The Morgan fingerprint density at radius 2 is 2.29 bits per heavy atom. The van der Waals surface area contributed by atoms with Gasteiger partial charge in [-0.25, -0.2) is 0 Å². The van der Waals surface area contributed by atoms with E-state index in [1.54, 1.807) is 0 Å². The van der Waals surface area contributed by atoms with Crippen molar-refractivity contribution >= 4 is 17.5 Å². The minimum absolute atomic E-state index is 0.138. The predicted molar refractivity (Wildman–Crippen MR) is 69.8 cm³/mol. The molecule has 1 aliphatic rings. The van der Waals surface area contributed by atoms with Crippen LogP contribution in [-0.4, -0.2) is 5.91 Å². The first-order valence-electron chi connectivity index (χ1n) is 5.93. The van der Waals surface area contributed by atoms with Crippen molar-refractivity contribution in [1.29, 1.82) is 0 Å². The van der Waals surface area contributed by atoms with Crippen molar-refractivity contribution in [1.82, 2.24) is 5.32 Å². The van der Waals surface area contributed by atoms with Crippen LogP contribution in [0.5, 0.6) is 0 Å². The average Bonchev–Trinajstić information content (AvgIpc) is 2.37. The van der Waals surface area contributed by atoms with E-state index in [1.165, 1.54) is 0 Å². The number of carbonyl (C=O) groups excluding carboxylic acids is 1. The molecule has 0 saturated carbocycles. The molecule has 2 rings (SSSR count). The zero-order chi connectivity index (χ0) is 12.1. The van der Waals surface area contributed by atoms with Crippen LogP contribution >= 0.6 is 11.6 Å². The van der Waals surface area contributed by atoms with Crippen molar-refractivity contribution in [3.63, 3.8) is 0 Å². The molecule has 0 bridgehead atoms. The van der Waals surface area contributed by atoms with Crippen molar-refractivity contribution in [2.24, 2.45) is 5.92 Å². The first-order valence-corrected chi connectivity index (χ1v) is 6.30. The summed E-state index contributed by atoms with van der Waals surface area (Å²) in [5.74, 6) is 0.286. The molecule has 1 aromatic rings. The predicted octanol–water partition coefficient (Wildman–Crippen LogP) is 3.31. The molecular formula is C14H16ClNO. The summed E-state index contributed by atoms with van der Waals surface area (Å²) >= 11 is 5.89. The Bertz CT molecular complexity index is 428. The van der Waals surface area contributed by atoms with Gasteiger partial charge in [0.25, 0.3) is 0 Å². The Kier molecular flexibility index (Phi) is 4.21. The molecule has 0 unspecified atom stereocenters. The van der Waals surface area contributed by atoms with E-state index in [1.807, 2.05) is 24.3 Å². The molecule has 17 heavy (non-hydrogen) atoms. The summed E-state index contributed by atoms with van der Waals surface area (Å²) in [5.41, 5.74) is 1.04. The second-order valence-corrected chi connectivity index (χ2v) is 4.77. The monoisotopic (exact) mass is 249 g/mol. The molecule has 0 radical (unpaired) electrons. The summed E-state index contributed by atoms with van der Waals surface area (Å²) in [4.78, 5) is 11.9. The van der Waals surface area contributed by atoms with Crippen LogP contribution in [0, 0.1) is 5.92 Å². The largest absolute Gasteiger partial charge is 0.352 e. The van der Waals surface area contributed by atoms with Gasteiger partial charge in [0.15, 0.2) is 0 Å². The number of carbonyl (C=O) groups is 1. The zero-order valence-corrected chi connectivity index (χ0v) is 10.4. The average molecular weight is 250 g/mol. The molecule has 0 aliphatic heterocycles. The third kappa shape index (κ3) is 3.60. The Labute approximate surface area is 107 Å². The maximum absolute atomic E-state index is 11.9. The standard InChI is InChI=1S/C14H16ClNO/c15-13-8-4-5-11(9-13)10-16-14(17)12-6-2-1-3-7-12/h1-2,4-5,8-9,12H,3,6-7,10H2,(H,16,17)/t12-/m0/s1. The first kappa shape index (κ1) is 12.2. The van der Waals surface area contributed by atoms with Gasteiger partial charge in [0.1, 0.15) is 0 Å².